The number of amides is 1. The number of hydrogen-bond donors (Lipinski definition) is 2. The van der Waals surface area contributed by atoms with Crippen LogP contribution in [0.25, 0.3) is 0 Å². The van der Waals surface area contributed by atoms with E-state index in [9.17, 15) is 9.90 Å². The third-order valence-corrected chi connectivity index (χ3v) is 4.80. The maximum atomic E-state index is 12.3. The summed E-state index contributed by atoms with van der Waals surface area (Å²) in [5, 5.41) is 17.5. The molecule has 1 amide bonds. The first-order chi connectivity index (χ1) is 11.2. The van der Waals surface area contributed by atoms with E-state index >= 15 is 0 Å². The fourth-order valence-electron chi connectivity index (χ4n) is 2.23. The van der Waals surface area contributed by atoms with Gasteiger partial charge in [0.05, 0.1) is 11.6 Å². The number of aromatic nitrogens is 2. The molecule has 0 unspecified atom stereocenters. The highest BCUT2D eigenvalue weighted by atomic mass is 32.1. The van der Waals surface area contributed by atoms with Crippen LogP contribution in [0, 0.1) is 0 Å². The minimum Gasteiger partial charge on any atom is -0.384 e. The van der Waals surface area contributed by atoms with E-state index in [1.807, 2.05) is 30.3 Å². The second-order valence-electron chi connectivity index (χ2n) is 4.96. The fraction of sp³-hybridized carbons (Fsp3) is 0.188. The number of nitrogens with zero attached hydrogens (tertiary/aromatic N) is 2. The predicted molar refractivity (Wildman–Crippen MR) is 90.6 cm³/mol. The third kappa shape index (κ3) is 4.01. The lowest BCUT2D eigenvalue weighted by atomic mass is 10.0. The summed E-state index contributed by atoms with van der Waals surface area (Å²) in [7, 11) is 0. The molecule has 0 radical (unpaired) electrons. The van der Waals surface area contributed by atoms with Crippen molar-refractivity contribution in [3.63, 3.8) is 0 Å². The summed E-state index contributed by atoms with van der Waals surface area (Å²) >= 11 is 2.73. The molecule has 2 heterocycles. The zero-order chi connectivity index (χ0) is 16.1. The number of rotatable bonds is 6. The number of benzene rings is 1. The quantitative estimate of drug-likeness (QED) is 0.720. The van der Waals surface area contributed by atoms with E-state index in [1.54, 1.807) is 22.5 Å². The van der Waals surface area contributed by atoms with Crippen LogP contribution < -0.4 is 5.32 Å². The monoisotopic (exact) mass is 345 g/mol. The lowest BCUT2D eigenvalue weighted by Crippen LogP contribution is -2.41. The first kappa shape index (κ1) is 15.8. The third-order valence-electron chi connectivity index (χ3n) is 3.37. The van der Waals surface area contributed by atoms with Crippen molar-refractivity contribution in [2.75, 3.05) is 0 Å². The van der Waals surface area contributed by atoms with Crippen LogP contribution in [0.2, 0.25) is 0 Å². The molecule has 1 aromatic carbocycles. The van der Waals surface area contributed by atoms with Crippen LogP contribution in [0.15, 0.2) is 52.8 Å². The van der Waals surface area contributed by atoms with Crippen molar-refractivity contribution in [1.82, 2.24) is 15.3 Å². The van der Waals surface area contributed by atoms with Crippen LogP contribution in [-0.4, -0.2) is 27.0 Å². The van der Waals surface area contributed by atoms with Crippen LogP contribution in [0.4, 0.5) is 0 Å². The van der Waals surface area contributed by atoms with Gasteiger partial charge in [0.2, 0.25) is 0 Å². The molecule has 3 aromatic rings. The van der Waals surface area contributed by atoms with Crippen LogP contribution in [0.1, 0.15) is 27.2 Å². The number of carbonyl (C=O) groups excluding carboxylic acids is 1. The molecule has 0 aliphatic heterocycles. The van der Waals surface area contributed by atoms with Gasteiger partial charge in [0, 0.05) is 17.0 Å². The molecular weight excluding hydrogens is 330 g/mol. The number of hydrogen-bond acceptors (Lipinski definition) is 6. The summed E-state index contributed by atoms with van der Waals surface area (Å²) in [6.45, 7) is 0. The van der Waals surface area contributed by atoms with E-state index in [1.165, 1.54) is 22.7 Å². The van der Waals surface area contributed by atoms with Crippen molar-refractivity contribution in [2.45, 2.75) is 18.6 Å². The molecule has 5 nitrogen and oxygen atoms in total. The summed E-state index contributed by atoms with van der Waals surface area (Å²) in [4.78, 5) is 20.4. The molecule has 0 spiro atoms. The predicted octanol–water partition coefficient (Wildman–Crippen LogP) is 2.67. The zero-order valence-electron chi connectivity index (χ0n) is 12.1. The van der Waals surface area contributed by atoms with Crippen molar-refractivity contribution in [2.24, 2.45) is 0 Å². The second-order valence-corrected chi connectivity index (χ2v) is 6.60. The van der Waals surface area contributed by atoms with Gasteiger partial charge in [0.25, 0.3) is 5.91 Å². The van der Waals surface area contributed by atoms with E-state index in [-0.39, 0.29) is 5.91 Å². The summed E-state index contributed by atoms with van der Waals surface area (Å²) < 4.78 is 0. The van der Waals surface area contributed by atoms with E-state index < -0.39 is 12.1 Å². The van der Waals surface area contributed by atoms with Gasteiger partial charge in [-0.3, -0.25) is 4.79 Å². The molecule has 2 atom stereocenters. The maximum Gasteiger partial charge on any atom is 0.271 e. The SMILES string of the molecule is O=C(N[C@H](Cc1ccccc1)[C@@H](O)c1nccs1)c1cscn1. The van der Waals surface area contributed by atoms with Crippen molar-refractivity contribution in [1.29, 1.82) is 0 Å². The smallest absolute Gasteiger partial charge is 0.271 e. The van der Waals surface area contributed by atoms with E-state index in [0.29, 0.717) is 17.1 Å². The van der Waals surface area contributed by atoms with Gasteiger partial charge in [-0.1, -0.05) is 30.3 Å². The van der Waals surface area contributed by atoms with Gasteiger partial charge in [0.15, 0.2) is 0 Å². The van der Waals surface area contributed by atoms with Crippen LogP contribution in [0.5, 0.6) is 0 Å². The highest BCUT2D eigenvalue weighted by Crippen LogP contribution is 2.22. The highest BCUT2D eigenvalue weighted by molar-refractivity contribution is 7.09. The highest BCUT2D eigenvalue weighted by Gasteiger charge is 2.26. The first-order valence-corrected chi connectivity index (χ1v) is 8.86. The Kier molecular flexibility index (Phi) is 5.12. The Morgan fingerprint density at radius 1 is 1.26 bits per heavy atom. The van der Waals surface area contributed by atoms with Gasteiger partial charge in [-0.05, 0) is 12.0 Å². The molecule has 2 aromatic heterocycles. The van der Waals surface area contributed by atoms with E-state index in [0.717, 1.165) is 5.56 Å². The Morgan fingerprint density at radius 2 is 2.09 bits per heavy atom. The Labute approximate surface area is 141 Å². The average molecular weight is 345 g/mol. The van der Waals surface area contributed by atoms with E-state index in [4.69, 9.17) is 0 Å². The molecule has 0 aliphatic carbocycles. The minimum absolute atomic E-state index is 0.289. The molecule has 23 heavy (non-hydrogen) atoms. The lowest BCUT2D eigenvalue weighted by molar-refractivity contribution is 0.0828. The molecule has 3 rings (SSSR count). The van der Waals surface area contributed by atoms with Gasteiger partial charge in [-0.2, -0.15) is 0 Å². The normalized spacial score (nSPS) is 13.4. The second kappa shape index (κ2) is 7.45. The van der Waals surface area contributed by atoms with Crippen LogP contribution in [0.3, 0.4) is 0 Å². The van der Waals surface area contributed by atoms with Gasteiger partial charge in [-0.25, -0.2) is 9.97 Å². The summed E-state index contributed by atoms with van der Waals surface area (Å²) in [5.41, 5.74) is 3.00. The largest absolute Gasteiger partial charge is 0.384 e. The summed E-state index contributed by atoms with van der Waals surface area (Å²) in [6, 6.07) is 9.27. The topological polar surface area (TPSA) is 75.1 Å². The van der Waals surface area contributed by atoms with Crippen LogP contribution in [-0.2, 0) is 6.42 Å². The average Bonchev–Trinajstić information content (AvgIpc) is 3.27. The van der Waals surface area contributed by atoms with Gasteiger partial charge >= 0.3 is 0 Å². The number of nitrogens with one attached hydrogen (secondary N) is 1. The standard InChI is InChI=1S/C16H15N3O2S2/c20-14(16-17-6-7-23-16)12(8-11-4-2-1-3-5-11)19-15(21)13-9-22-10-18-13/h1-7,9-10,12,14,20H,8H2,(H,19,21)/t12-,14-/m1/s1. The number of carbonyl (C=O) groups is 1. The fourth-order valence-corrected chi connectivity index (χ4v) is 3.45. The number of thiazole rings is 2. The summed E-state index contributed by atoms with van der Waals surface area (Å²) in [5.74, 6) is -0.289. The molecule has 7 heteroatoms. The number of aliphatic hydroxyl groups is 1. The van der Waals surface area contributed by atoms with Crippen LogP contribution >= 0.6 is 22.7 Å². The maximum absolute atomic E-state index is 12.3. The molecule has 0 saturated heterocycles. The molecule has 0 fully saturated rings. The van der Waals surface area contributed by atoms with Crippen molar-refractivity contribution in [3.8, 4) is 0 Å². The van der Waals surface area contributed by atoms with Gasteiger partial charge in [0.1, 0.15) is 16.8 Å². The van der Waals surface area contributed by atoms with Crippen molar-refractivity contribution in [3.05, 3.63) is 69.1 Å². The van der Waals surface area contributed by atoms with Crippen molar-refractivity contribution >= 4 is 28.6 Å². The molecule has 0 bridgehead atoms. The molecule has 118 valence electrons. The van der Waals surface area contributed by atoms with Gasteiger partial charge in [-0.15, -0.1) is 22.7 Å². The Balaban J connectivity index is 1.79. The minimum atomic E-state index is -0.863. The zero-order valence-corrected chi connectivity index (χ0v) is 13.8. The molecular formula is C16H15N3O2S2. The molecule has 2 N–H and O–H groups in total. The summed E-state index contributed by atoms with van der Waals surface area (Å²) in [6.07, 6.45) is 1.29. The first-order valence-electron chi connectivity index (χ1n) is 7.04. The molecule has 0 aliphatic rings. The van der Waals surface area contributed by atoms with E-state index in [2.05, 4.69) is 15.3 Å². The van der Waals surface area contributed by atoms with Crippen molar-refractivity contribution < 1.29 is 9.90 Å². The Bertz CT molecular complexity index is 730. The lowest BCUT2D eigenvalue weighted by Gasteiger charge is -2.22. The number of aliphatic hydroxyl groups excluding tert-OH is 1. The van der Waals surface area contributed by atoms with Gasteiger partial charge < -0.3 is 10.4 Å². The Hall–Kier alpha value is -2.09. The molecule has 0 saturated carbocycles. The Morgan fingerprint density at radius 3 is 2.74 bits per heavy atom.